The lowest BCUT2D eigenvalue weighted by molar-refractivity contribution is 0.519. The lowest BCUT2D eigenvalue weighted by Gasteiger charge is -1.95. The number of aromatic nitrogens is 1. The fourth-order valence-electron chi connectivity index (χ4n) is 1.44. The minimum atomic E-state index is -0.319. The highest BCUT2D eigenvalue weighted by molar-refractivity contribution is 7.80. The second kappa shape index (κ2) is 4.40. The Kier molecular flexibility index (Phi) is 2.97. The standard InChI is InChI=1S/C11H11NO2S/c13-11-12(7-3-4-8-15)9-5-1-2-6-10(9)14-11/h1-6,15H,7-8H2. The molecule has 0 aliphatic carbocycles. The van der Waals surface area contributed by atoms with Gasteiger partial charge in [0.15, 0.2) is 5.58 Å². The normalized spacial score (nSPS) is 11.5. The zero-order chi connectivity index (χ0) is 10.7. The number of para-hydroxylation sites is 2. The maximum absolute atomic E-state index is 11.5. The van der Waals surface area contributed by atoms with Crippen LogP contribution >= 0.6 is 12.6 Å². The number of hydrogen-bond acceptors (Lipinski definition) is 3. The van der Waals surface area contributed by atoms with E-state index < -0.39 is 0 Å². The maximum atomic E-state index is 11.5. The molecule has 1 aromatic heterocycles. The Bertz CT molecular complexity index is 539. The third-order valence-corrected chi connectivity index (χ3v) is 2.34. The summed E-state index contributed by atoms with van der Waals surface area (Å²) in [5.74, 6) is 0.352. The molecule has 0 radical (unpaired) electrons. The molecule has 1 aromatic carbocycles. The average molecular weight is 221 g/mol. The lowest BCUT2D eigenvalue weighted by Crippen LogP contribution is -2.12. The van der Waals surface area contributed by atoms with Gasteiger partial charge < -0.3 is 4.42 Å². The van der Waals surface area contributed by atoms with Crippen molar-refractivity contribution < 1.29 is 4.42 Å². The third kappa shape index (κ3) is 1.99. The minimum absolute atomic E-state index is 0.319. The number of allylic oxidation sites excluding steroid dienone is 1. The second-order valence-electron chi connectivity index (χ2n) is 3.10. The zero-order valence-electron chi connectivity index (χ0n) is 8.09. The van der Waals surface area contributed by atoms with Crippen LogP contribution in [0.5, 0.6) is 0 Å². The first-order valence-electron chi connectivity index (χ1n) is 4.67. The summed E-state index contributed by atoms with van der Waals surface area (Å²) in [4.78, 5) is 11.5. The van der Waals surface area contributed by atoms with Gasteiger partial charge >= 0.3 is 5.76 Å². The highest BCUT2D eigenvalue weighted by atomic mass is 32.1. The van der Waals surface area contributed by atoms with E-state index in [9.17, 15) is 4.79 Å². The van der Waals surface area contributed by atoms with Crippen LogP contribution in [0.3, 0.4) is 0 Å². The van der Waals surface area contributed by atoms with Crippen molar-refractivity contribution in [1.29, 1.82) is 0 Å². The van der Waals surface area contributed by atoms with Gasteiger partial charge in [-0.25, -0.2) is 4.79 Å². The molecule has 1 heterocycles. The van der Waals surface area contributed by atoms with E-state index in [1.807, 2.05) is 30.4 Å². The van der Waals surface area contributed by atoms with Crippen molar-refractivity contribution in [3.8, 4) is 0 Å². The zero-order valence-corrected chi connectivity index (χ0v) is 8.98. The molecule has 78 valence electrons. The Labute approximate surface area is 92.4 Å². The molecular weight excluding hydrogens is 210 g/mol. The van der Waals surface area contributed by atoms with Gasteiger partial charge in [-0.05, 0) is 12.1 Å². The maximum Gasteiger partial charge on any atom is 0.420 e. The number of fused-ring (bicyclic) bond motifs is 1. The molecule has 2 aromatic rings. The summed E-state index contributed by atoms with van der Waals surface area (Å²) in [5, 5.41) is 0. The van der Waals surface area contributed by atoms with Crippen LogP contribution in [0.1, 0.15) is 0 Å². The predicted molar refractivity (Wildman–Crippen MR) is 63.5 cm³/mol. The Hall–Kier alpha value is -1.42. The van der Waals surface area contributed by atoms with E-state index in [1.165, 1.54) is 0 Å². The predicted octanol–water partition coefficient (Wildman–Crippen LogP) is 2.08. The van der Waals surface area contributed by atoms with Crippen LogP contribution < -0.4 is 5.76 Å². The molecule has 4 heteroatoms. The highest BCUT2D eigenvalue weighted by Gasteiger charge is 2.05. The van der Waals surface area contributed by atoms with Gasteiger partial charge in [0.25, 0.3) is 0 Å². The quantitative estimate of drug-likeness (QED) is 0.636. The van der Waals surface area contributed by atoms with E-state index in [0.717, 1.165) is 5.52 Å². The summed E-state index contributed by atoms with van der Waals surface area (Å²) in [6.07, 6.45) is 3.80. The van der Waals surface area contributed by atoms with Crippen molar-refractivity contribution in [3.63, 3.8) is 0 Å². The molecule has 2 rings (SSSR count). The van der Waals surface area contributed by atoms with Crippen molar-refractivity contribution in [1.82, 2.24) is 4.57 Å². The van der Waals surface area contributed by atoms with Crippen LogP contribution in [0.2, 0.25) is 0 Å². The van der Waals surface area contributed by atoms with Gasteiger partial charge in [0, 0.05) is 12.3 Å². The molecule has 0 saturated heterocycles. The number of oxazole rings is 1. The van der Waals surface area contributed by atoms with Crippen LogP contribution in [0.4, 0.5) is 0 Å². The minimum Gasteiger partial charge on any atom is -0.408 e. The first-order valence-corrected chi connectivity index (χ1v) is 5.30. The van der Waals surface area contributed by atoms with Crippen LogP contribution in [-0.2, 0) is 6.54 Å². The van der Waals surface area contributed by atoms with E-state index in [4.69, 9.17) is 4.42 Å². The Balaban J connectivity index is 2.45. The fourth-order valence-corrected chi connectivity index (χ4v) is 1.59. The number of benzene rings is 1. The molecule has 3 nitrogen and oxygen atoms in total. The second-order valence-corrected chi connectivity index (χ2v) is 3.47. The van der Waals surface area contributed by atoms with Gasteiger partial charge in [0.2, 0.25) is 0 Å². The molecule has 0 aliphatic rings. The van der Waals surface area contributed by atoms with Crippen molar-refractivity contribution in [2.45, 2.75) is 6.54 Å². The summed E-state index contributed by atoms with van der Waals surface area (Å²) in [6, 6.07) is 7.39. The van der Waals surface area contributed by atoms with Gasteiger partial charge in [-0.15, -0.1) is 0 Å². The Morgan fingerprint density at radius 2 is 2.13 bits per heavy atom. The summed E-state index contributed by atoms with van der Waals surface area (Å²) in [7, 11) is 0. The molecule has 0 bridgehead atoms. The van der Waals surface area contributed by atoms with Crippen LogP contribution in [-0.4, -0.2) is 10.3 Å². The highest BCUT2D eigenvalue weighted by Crippen LogP contribution is 2.11. The molecule has 0 spiro atoms. The van der Waals surface area contributed by atoms with E-state index >= 15 is 0 Å². The molecule has 0 aliphatic heterocycles. The largest absolute Gasteiger partial charge is 0.420 e. The van der Waals surface area contributed by atoms with E-state index in [-0.39, 0.29) is 5.76 Å². The number of thiol groups is 1. The summed E-state index contributed by atoms with van der Waals surface area (Å²) in [6.45, 7) is 0.524. The number of nitrogens with zero attached hydrogens (tertiary/aromatic N) is 1. The van der Waals surface area contributed by atoms with Gasteiger partial charge in [0.1, 0.15) is 0 Å². The van der Waals surface area contributed by atoms with Crippen molar-refractivity contribution in [3.05, 3.63) is 47.0 Å². The van der Waals surface area contributed by atoms with Gasteiger partial charge in [-0.1, -0.05) is 24.3 Å². The molecule has 15 heavy (non-hydrogen) atoms. The van der Waals surface area contributed by atoms with Crippen LogP contribution in [0, 0.1) is 0 Å². The molecule has 0 unspecified atom stereocenters. The first kappa shape index (κ1) is 10.1. The van der Waals surface area contributed by atoms with E-state index in [1.54, 1.807) is 10.6 Å². The molecule has 0 N–H and O–H groups in total. The third-order valence-electron chi connectivity index (χ3n) is 2.13. The smallest absolute Gasteiger partial charge is 0.408 e. The molecule has 0 atom stereocenters. The van der Waals surface area contributed by atoms with E-state index in [2.05, 4.69) is 12.6 Å². The van der Waals surface area contributed by atoms with E-state index in [0.29, 0.717) is 17.9 Å². The van der Waals surface area contributed by atoms with Gasteiger partial charge in [-0.2, -0.15) is 12.6 Å². The van der Waals surface area contributed by atoms with Crippen molar-refractivity contribution in [2.24, 2.45) is 0 Å². The summed E-state index contributed by atoms with van der Waals surface area (Å²) >= 11 is 4.05. The topological polar surface area (TPSA) is 35.1 Å². The average Bonchev–Trinajstić information content (AvgIpc) is 2.56. The van der Waals surface area contributed by atoms with Crippen molar-refractivity contribution in [2.75, 3.05) is 5.75 Å². The molecule has 0 amide bonds. The van der Waals surface area contributed by atoms with Crippen LogP contribution in [0.15, 0.2) is 45.6 Å². The van der Waals surface area contributed by atoms with Crippen LogP contribution in [0.25, 0.3) is 11.1 Å². The van der Waals surface area contributed by atoms with Crippen molar-refractivity contribution >= 4 is 23.7 Å². The summed E-state index contributed by atoms with van der Waals surface area (Å²) < 4.78 is 6.68. The Morgan fingerprint density at radius 1 is 1.33 bits per heavy atom. The van der Waals surface area contributed by atoms with Gasteiger partial charge in [-0.3, -0.25) is 4.57 Å². The SMILES string of the molecule is O=c1oc2ccccc2n1CC=CCS. The number of rotatable bonds is 3. The lowest BCUT2D eigenvalue weighted by atomic mass is 10.3. The van der Waals surface area contributed by atoms with Gasteiger partial charge in [0.05, 0.1) is 5.52 Å². The molecule has 0 saturated carbocycles. The molecular formula is C11H11NO2S. The first-order chi connectivity index (χ1) is 7.33. The summed E-state index contributed by atoms with van der Waals surface area (Å²) in [5.41, 5.74) is 1.45. The fraction of sp³-hybridized carbons (Fsp3) is 0.182. The monoisotopic (exact) mass is 221 g/mol. The number of hydrogen-bond donors (Lipinski definition) is 1. The molecule has 0 fully saturated rings. The Morgan fingerprint density at radius 3 is 2.93 bits per heavy atom.